The van der Waals surface area contributed by atoms with Gasteiger partial charge in [0.25, 0.3) is 5.91 Å². The maximum Gasteiger partial charge on any atom is 0.326 e. The molecule has 1 aromatic heterocycles. The number of rotatable bonds is 5. The highest BCUT2D eigenvalue weighted by atomic mass is 16.5. The number of nitrogens with zero attached hydrogens (tertiary/aromatic N) is 1. The molecule has 1 aromatic rings. The number of carbonyl (C=O) groups is 2. The van der Waals surface area contributed by atoms with Crippen LogP contribution in [-0.2, 0) is 4.79 Å². The summed E-state index contributed by atoms with van der Waals surface area (Å²) >= 11 is 0. The molecule has 7 heteroatoms. The number of nitrogens with one attached hydrogen (secondary N) is 1. The number of hydrogen-bond donors (Lipinski definition) is 3. The molecule has 0 aliphatic rings. The van der Waals surface area contributed by atoms with Crippen molar-refractivity contribution in [2.75, 3.05) is 6.61 Å². The molecule has 7 nitrogen and oxygen atoms in total. The summed E-state index contributed by atoms with van der Waals surface area (Å²) in [6.07, 6.45) is 1.30. The first kappa shape index (κ1) is 12.2. The topological polar surface area (TPSA) is 113 Å². The van der Waals surface area contributed by atoms with Crippen molar-refractivity contribution in [2.24, 2.45) is 0 Å². The van der Waals surface area contributed by atoms with E-state index in [1.54, 1.807) is 6.92 Å². The van der Waals surface area contributed by atoms with Gasteiger partial charge in [-0.3, -0.25) is 4.79 Å². The van der Waals surface area contributed by atoms with E-state index < -0.39 is 17.9 Å². The Labute approximate surface area is 91.0 Å². The van der Waals surface area contributed by atoms with Crippen LogP contribution in [0.2, 0.25) is 0 Å². The molecule has 0 aliphatic carbocycles. The SMILES string of the molecule is Cc1cnoc1C(=O)N[C@@H](CCO)C(=O)O. The second-order valence-corrected chi connectivity index (χ2v) is 3.21. The summed E-state index contributed by atoms with van der Waals surface area (Å²) in [4.78, 5) is 22.2. The van der Waals surface area contributed by atoms with Crippen LogP contribution in [0.1, 0.15) is 22.5 Å². The van der Waals surface area contributed by atoms with Crippen LogP contribution in [-0.4, -0.2) is 39.9 Å². The van der Waals surface area contributed by atoms with E-state index in [1.807, 2.05) is 0 Å². The number of carboxylic acid groups (broad SMARTS) is 1. The van der Waals surface area contributed by atoms with Gasteiger partial charge in [0, 0.05) is 18.6 Å². The van der Waals surface area contributed by atoms with E-state index >= 15 is 0 Å². The van der Waals surface area contributed by atoms with Crippen molar-refractivity contribution in [2.45, 2.75) is 19.4 Å². The molecule has 0 fully saturated rings. The molecule has 0 bridgehead atoms. The van der Waals surface area contributed by atoms with Gasteiger partial charge in [0.2, 0.25) is 5.76 Å². The molecule has 0 aromatic carbocycles. The lowest BCUT2D eigenvalue weighted by Crippen LogP contribution is -2.41. The molecule has 0 spiro atoms. The smallest absolute Gasteiger partial charge is 0.326 e. The Morgan fingerprint density at radius 1 is 1.62 bits per heavy atom. The van der Waals surface area contributed by atoms with Crippen molar-refractivity contribution in [1.82, 2.24) is 10.5 Å². The van der Waals surface area contributed by atoms with Crippen molar-refractivity contribution in [3.63, 3.8) is 0 Å². The van der Waals surface area contributed by atoms with Crippen molar-refractivity contribution in [3.05, 3.63) is 17.5 Å². The van der Waals surface area contributed by atoms with Crippen LogP contribution in [0.5, 0.6) is 0 Å². The third-order valence-corrected chi connectivity index (χ3v) is 1.98. The molecule has 0 unspecified atom stereocenters. The molecular weight excluding hydrogens is 216 g/mol. The Kier molecular flexibility index (Phi) is 4.01. The maximum atomic E-state index is 11.5. The summed E-state index contributed by atoms with van der Waals surface area (Å²) in [6.45, 7) is 1.29. The minimum Gasteiger partial charge on any atom is -0.480 e. The van der Waals surface area contributed by atoms with E-state index in [-0.39, 0.29) is 18.8 Å². The van der Waals surface area contributed by atoms with Crippen molar-refractivity contribution in [1.29, 1.82) is 0 Å². The Morgan fingerprint density at radius 2 is 2.31 bits per heavy atom. The zero-order valence-electron chi connectivity index (χ0n) is 8.64. The first-order valence-corrected chi connectivity index (χ1v) is 4.62. The van der Waals surface area contributed by atoms with Gasteiger partial charge in [0.05, 0.1) is 6.20 Å². The second-order valence-electron chi connectivity index (χ2n) is 3.21. The summed E-state index contributed by atoms with van der Waals surface area (Å²) in [6, 6.07) is -1.14. The highest BCUT2D eigenvalue weighted by Gasteiger charge is 2.22. The van der Waals surface area contributed by atoms with Gasteiger partial charge in [0.15, 0.2) is 0 Å². The van der Waals surface area contributed by atoms with Crippen molar-refractivity contribution >= 4 is 11.9 Å². The van der Waals surface area contributed by atoms with Crippen LogP contribution in [0.25, 0.3) is 0 Å². The zero-order valence-corrected chi connectivity index (χ0v) is 8.64. The summed E-state index contributed by atoms with van der Waals surface area (Å²) in [5.41, 5.74) is 0.519. The van der Waals surface area contributed by atoms with Crippen LogP contribution in [0.3, 0.4) is 0 Å². The standard InChI is InChI=1S/C9H12N2O5/c1-5-4-10-16-7(5)8(13)11-6(2-3-12)9(14)15/h4,6,12H,2-3H2,1H3,(H,11,13)(H,14,15)/t6-/m0/s1. The predicted molar refractivity (Wildman–Crippen MR) is 51.8 cm³/mol. The minimum atomic E-state index is -1.21. The minimum absolute atomic E-state index is 0.0239. The fourth-order valence-corrected chi connectivity index (χ4v) is 1.12. The number of aliphatic hydroxyl groups is 1. The molecular formula is C9H12N2O5. The zero-order chi connectivity index (χ0) is 12.1. The average Bonchev–Trinajstić information content (AvgIpc) is 2.63. The molecule has 1 amide bonds. The first-order valence-electron chi connectivity index (χ1n) is 4.62. The van der Waals surface area contributed by atoms with Gasteiger partial charge in [-0.1, -0.05) is 5.16 Å². The Hall–Kier alpha value is -1.89. The van der Waals surface area contributed by atoms with Crippen LogP contribution >= 0.6 is 0 Å². The van der Waals surface area contributed by atoms with E-state index in [0.29, 0.717) is 5.56 Å². The van der Waals surface area contributed by atoms with Crippen LogP contribution in [0, 0.1) is 6.92 Å². The lowest BCUT2D eigenvalue weighted by molar-refractivity contribution is -0.139. The quantitative estimate of drug-likeness (QED) is 0.629. The summed E-state index contributed by atoms with van der Waals surface area (Å²) in [5, 5.41) is 23.0. The Bertz CT molecular complexity index is 387. The number of carbonyl (C=O) groups excluding carboxylic acids is 1. The molecule has 0 radical (unpaired) electrons. The number of aliphatic carboxylic acids is 1. The maximum absolute atomic E-state index is 11.5. The molecule has 3 N–H and O–H groups in total. The number of aromatic nitrogens is 1. The number of carboxylic acids is 1. The molecule has 0 saturated carbocycles. The van der Waals surface area contributed by atoms with Gasteiger partial charge in [-0.05, 0) is 6.92 Å². The molecule has 1 rings (SSSR count). The van der Waals surface area contributed by atoms with E-state index in [1.165, 1.54) is 6.20 Å². The van der Waals surface area contributed by atoms with Gasteiger partial charge in [-0.15, -0.1) is 0 Å². The summed E-state index contributed by atoms with van der Waals surface area (Å²) < 4.78 is 4.67. The fourth-order valence-electron chi connectivity index (χ4n) is 1.12. The second kappa shape index (κ2) is 5.26. The van der Waals surface area contributed by atoms with Crippen LogP contribution in [0.4, 0.5) is 0 Å². The molecule has 1 heterocycles. The number of aryl methyl sites for hydroxylation is 1. The van der Waals surface area contributed by atoms with Crippen LogP contribution < -0.4 is 5.32 Å². The van der Waals surface area contributed by atoms with Gasteiger partial charge < -0.3 is 20.1 Å². The number of hydrogen-bond acceptors (Lipinski definition) is 5. The highest BCUT2D eigenvalue weighted by molar-refractivity contribution is 5.95. The van der Waals surface area contributed by atoms with E-state index in [2.05, 4.69) is 15.0 Å². The Balaban J connectivity index is 2.69. The lowest BCUT2D eigenvalue weighted by Gasteiger charge is -2.11. The fraction of sp³-hybridized carbons (Fsp3) is 0.444. The van der Waals surface area contributed by atoms with E-state index in [0.717, 1.165) is 0 Å². The van der Waals surface area contributed by atoms with E-state index in [4.69, 9.17) is 10.2 Å². The number of aliphatic hydroxyl groups excluding tert-OH is 1. The van der Waals surface area contributed by atoms with Gasteiger partial charge >= 0.3 is 5.97 Å². The molecule has 0 aliphatic heterocycles. The van der Waals surface area contributed by atoms with Crippen molar-refractivity contribution < 1.29 is 24.3 Å². The van der Waals surface area contributed by atoms with Gasteiger partial charge in [-0.25, -0.2) is 4.79 Å². The highest BCUT2D eigenvalue weighted by Crippen LogP contribution is 2.06. The van der Waals surface area contributed by atoms with E-state index in [9.17, 15) is 9.59 Å². The normalized spacial score (nSPS) is 12.1. The summed E-state index contributed by atoms with van der Waals surface area (Å²) in [5.74, 6) is -1.89. The largest absolute Gasteiger partial charge is 0.480 e. The number of amides is 1. The lowest BCUT2D eigenvalue weighted by atomic mass is 10.2. The molecule has 1 atom stereocenters. The van der Waals surface area contributed by atoms with Crippen molar-refractivity contribution in [3.8, 4) is 0 Å². The van der Waals surface area contributed by atoms with Crippen LogP contribution in [0.15, 0.2) is 10.7 Å². The van der Waals surface area contributed by atoms with Gasteiger partial charge in [0.1, 0.15) is 6.04 Å². The molecule has 16 heavy (non-hydrogen) atoms. The predicted octanol–water partition coefficient (Wildman–Crippen LogP) is -0.452. The monoisotopic (exact) mass is 228 g/mol. The third kappa shape index (κ3) is 2.80. The molecule has 0 saturated heterocycles. The Morgan fingerprint density at radius 3 is 2.75 bits per heavy atom. The average molecular weight is 228 g/mol. The summed E-state index contributed by atoms with van der Waals surface area (Å²) in [7, 11) is 0. The molecule has 88 valence electrons. The third-order valence-electron chi connectivity index (χ3n) is 1.98. The first-order chi connectivity index (χ1) is 7.56. The van der Waals surface area contributed by atoms with Gasteiger partial charge in [-0.2, -0.15) is 0 Å².